The highest BCUT2D eigenvalue weighted by Gasteiger charge is 2.80. The number of methoxy groups -OCH3 is 1. The molecule has 1 fully saturated rings. The highest BCUT2D eigenvalue weighted by Crippen LogP contribution is 2.49. The monoisotopic (exact) mass is 490 g/mol. The fourth-order valence-corrected chi connectivity index (χ4v) is 4.75. The Hall–Kier alpha value is -3.53. The number of ether oxygens (including phenoxy) is 2. The summed E-state index contributed by atoms with van der Waals surface area (Å²) in [5.41, 5.74) is -10.1. The van der Waals surface area contributed by atoms with Crippen molar-refractivity contribution in [1.29, 1.82) is 0 Å². The first-order chi connectivity index (χ1) is 17.1. The van der Waals surface area contributed by atoms with Gasteiger partial charge < -0.3 is 24.8 Å². The topological polar surface area (TPSA) is 130 Å². The zero-order valence-electron chi connectivity index (χ0n) is 19.7. The summed E-state index contributed by atoms with van der Waals surface area (Å²) in [6.45, 7) is 1.25. The Labute approximate surface area is 207 Å². The van der Waals surface area contributed by atoms with Crippen LogP contribution in [-0.4, -0.2) is 69.0 Å². The van der Waals surface area contributed by atoms with Gasteiger partial charge in [0.05, 0.1) is 6.10 Å². The van der Waals surface area contributed by atoms with E-state index in [0.717, 1.165) is 7.11 Å². The van der Waals surface area contributed by atoms with Gasteiger partial charge in [-0.25, -0.2) is 0 Å². The smallest absolute Gasteiger partial charge is 0.218 e. The van der Waals surface area contributed by atoms with Crippen LogP contribution in [0.15, 0.2) is 91.0 Å². The lowest BCUT2D eigenvalue weighted by Gasteiger charge is -2.57. The van der Waals surface area contributed by atoms with Crippen molar-refractivity contribution in [2.75, 3.05) is 7.11 Å². The van der Waals surface area contributed by atoms with Gasteiger partial charge in [0.15, 0.2) is 11.9 Å². The number of carbonyl (C=O) groups is 3. The van der Waals surface area contributed by atoms with Crippen LogP contribution in [0.3, 0.4) is 0 Å². The molecule has 1 aliphatic heterocycles. The van der Waals surface area contributed by atoms with Gasteiger partial charge in [-0.05, 0) is 6.92 Å². The molecule has 0 saturated carbocycles. The van der Waals surface area contributed by atoms with Crippen LogP contribution >= 0.6 is 0 Å². The van der Waals surface area contributed by atoms with Crippen LogP contribution < -0.4 is 0 Å². The molecule has 4 rings (SSSR count). The number of rotatable bonds is 7. The molecule has 3 aromatic carbocycles. The van der Waals surface area contributed by atoms with Gasteiger partial charge in [0, 0.05) is 23.8 Å². The van der Waals surface area contributed by atoms with Crippen LogP contribution in [0, 0.1) is 0 Å². The number of hydrogen-bond donors (Lipinski definition) is 3. The predicted molar refractivity (Wildman–Crippen MR) is 129 cm³/mol. The molecule has 186 valence electrons. The zero-order valence-corrected chi connectivity index (χ0v) is 19.7. The summed E-state index contributed by atoms with van der Waals surface area (Å²) in [6, 6.07) is 22.1. The Morgan fingerprint density at radius 1 is 0.667 bits per heavy atom. The number of aliphatic hydroxyl groups is 3. The van der Waals surface area contributed by atoms with E-state index in [2.05, 4.69) is 0 Å². The second kappa shape index (κ2) is 9.50. The Balaban J connectivity index is 2.05. The fourth-order valence-electron chi connectivity index (χ4n) is 4.75. The third kappa shape index (κ3) is 3.54. The summed E-state index contributed by atoms with van der Waals surface area (Å²) in [5, 5.41) is 36.4. The maximum absolute atomic E-state index is 14.0. The van der Waals surface area contributed by atoms with Crippen molar-refractivity contribution in [3.05, 3.63) is 108 Å². The van der Waals surface area contributed by atoms with E-state index in [4.69, 9.17) is 9.47 Å². The Morgan fingerprint density at radius 3 is 1.42 bits per heavy atom. The molecule has 0 bridgehead atoms. The van der Waals surface area contributed by atoms with E-state index >= 15 is 0 Å². The molecular formula is C28H26O8. The van der Waals surface area contributed by atoms with Gasteiger partial charge >= 0.3 is 0 Å². The normalized spacial score (nSPS) is 29.9. The van der Waals surface area contributed by atoms with Crippen LogP contribution in [0.1, 0.15) is 38.0 Å². The quantitative estimate of drug-likeness (QED) is 0.430. The second-order valence-electron chi connectivity index (χ2n) is 8.67. The molecule has 0 amide bonds. The van der Waals surface area contributed by atoms with Crippen molar-refractivity contribution < 1.29 is 39.2 Å². The summed E-state index contributed by atoms with van der Waals surface area (Å²) in [5.74, 6) is -3.54. The van der Waals surface area contributed by atoms with Crippen molar-refractivity contribution in [1.82, 2.24) is 0 Å². The molecular weight excluding hydrogens is 464 g/mol. The number of Topliss-reactive ketones (excluding diaryl/α,β-unsaturated/α-hetero) is 3. The van der Waals surface area contributed by atoms with Gasteiger partial charge in [-0.2, -0.15) is 0 Å². The van der Waals surface area contributed by atoms with E-state index in [1.54, 1.807) is 18.2 Å². The van der Waals surface area contributed by atoms with Gasteiger partial charge in [-0.3, -0.25) is 14.4 Å². The van der Waals surface area contributed by atoms with Crippen LogP contribution in [0.2, 0.25) is 0 Å². The Kier molecular flexibility index (Phi) is 6.74. The fraction of sp³-hybridized carbons (Fsp3) is 0.250. The molecule has 0 aromatic heterocycles. The highest BCUT2D eigenvalue weighted by atomic mass is 16.7. The predicted octanol–water partition coefficient (Wildman–Crippen LogP) is 2.22. The molecule has 1 heterocycles. The molecule has 0 unspecified atom stereocenters. The number of carbonyl (C=O) groups excluding carboxylic acids is 3. The lowest BCUT2D eigenvalue weighted by Crippen LogP contribution is -2.86. The van der Waals surface area contributed by atoms with Crippen molar-refractivity contribution in [3.63, 3.8) is 0 Å². The highest BCUT2D eigenvalue weighted by molar-refractivity contribution is 6.18. The third-order valence-electron chi connectivity index (χ3n) is 6.70. The molecule has 1 aliphatic rings. The lowest BCUT2D eigenvalue weighted by atomic mass is 9.58. The van der Waals surface area contributed by atoms with E-state index in [1.165, 1.54) is 79.7 Å². The van der Waals surface area contributed by atoms with Gasteiger partial charge in [0.1, 0.15) is 0 Å². The molecule has 0 aliphatic carbocycles. The zero-order chi connectivity index (χ0) is 26.1. The van der Waals surface area contributed by atoms with Crippen LogP contribution in [0.25, 0.3) is 0 Å². The van der Waals surface area contributed by atoms with E-state index < -0.39 is 46.5 Å². The van der Waals surface area contributed by atoms with Crippen LogP contribution in [-0.2, 0) is 9.47 Å². The molecule has 3 aromatic rings. The van der Waals surface area contributed by atoms with Crippen molar-refractivity contribution in [2.24, 2.45) is 0 Å². The summed E-state index contributed by atoms with van der Waals surface area (Å²) in [6.07, 6.45) is -3.50. The van der Waals surface area contributed by atoms with Gasteiger partial charge in [-0.15, -0.1) is 0 Å². The first-order valence-corrected chi connectivity index (χ1v) is 11.3. The standard InChI is InChI=1S/C28H26O8/c1-18-26(32,22(29)19-12-6-3-7-13-19)28(34,24(31)21-16-10-5-11-17-21)27(33,25(35-2)36-18)23(30)20-14-8-4-9-15-20/h3-18,25,32-34H,1-2H3/t18-,25+,26+,27-,28+/m1/s1. The first-order valence-electron chi connectivity index (χ1n) is 11.3. The van der Waals surface area contributed by atoms with Gasteiger partial charge in [-0.1, -0.05) is 91.0 Å². The maximum atomic E-state index is 14.0. The van der Waals surface area contributed by atoms with Crippen molar-refractivity contribution in [2.45, 2.75) is 36.1 Å². The summed E-state index contributed by atoms with van der Waals surface area (Å²) in [4.78, 5) is 41.7. The Bertz CT molecular complexity index is 1260. The minimum atomic E-state index is -3.43. The number of hydrogen-bond acceptors (Lipinski definition) is 8. The average Bonchev–Trinajstić information content (AvgIpc) is 2.93. The molecule has 8 nitrogen and oxygen atoms in total. The maximum Gasteiger partial charge on any atom is 0.218 e. The van der Waals surface area contributed by atoms with Gasteiger partial charge in [0.2, 0.25) is 28.6 Å². The van der Waals surface area contributed by atoms with E-state index in [9.17, 15) is 29.7 Å². The SMILES string of the molecule is CO[C@H]1O[C@H](C)[C@](O)(C(=O)c2ccccc2)[C@@](O)(C(=O)c2ccccc2)[C@@]1(O)C(=O)c1ccccc1. The molecule has 3 N–H and O–H groups in total. The van der Waals surface area contributed by atoms with E-state index in [0.29, 0.717) is 0 Å². The first kappa shape index (κ1) is 25.6. The number of benzene rings is 3. The van der Waals surface area contributed by atoms with Crippen molar-refractivity contribution >= 4 is 17.3 Å². The average molecular weight is 491 g/mol. The van der Waals surface area contributed by atoms with Gasteiger partial charge in [0.25, 0.3) is 0 Å². The third-order valence-corrected chi connectivity index (χ3v) is 6.70. The summed E-state index contributed by atoms with van der Waals surface area (Å²) < 4.78 is 10.9. The van der Waals surface area contributed by atoms with E-state index in [1.807, 2.05) is 0 Å². The van der Waals surface area contributed by atoms with E-state index in [-0.39, 0.29) is 16.7 Å². The number of ketones is 3. The van der Waals surface area contributed by atoms with Crippen LogP contribution in [0.5, 0.6) is 0 Å². The lowest BCUT2D eigenvalue weighted by molar-refractivity contribution is -0.347. The largest absolute Gasteiger partial charge is 0.376 e. The van der Waals surface area contributed by atoms with Crippen LogP contribution in [0.4, 0.5) is 0 Å². The summed E-state index contributed by atoms with van der Waals surface area (Å²) in [7, 11) is 1.11. The molecule has 5 atom stereocenters. The van der Waals surface area contributed by atoms with Crippen molar-refractivity contribution in [3.8, 4) is 0 Å². The molecule has 1 saturated heterocycles. The Morgan fingerprint density at radius 2 is 1.03 bits per heavy atom. The molecule has 0 radical (unpaired) electrons. The molecule has 36 heavy (non-hydrogen) atoms. The minimum Gasteiger partial charge on any atom is -0.376 e. The molecule has 8 heteroatoms. The summed E-state index contributed by atoms with van der Waals surface area (Å²) >= 11 is 0. The second-order valence-corrected chi connectivity index (χ2v) is 8.67. The minimum absolute atomic E-state index is 0.0693. The molecule has 0 spiro atoms.